The van der Waals surface area contributed by atoms with Crippen molar-refractivity contribution < 1.29 is 4.74 Å². The Labute approximate surface area is 127 Å². The molecule has 2 N–H and O–H groups in total. The van der Waals surface area contributed by atoms with Crippen LogP contribution in [0.5, 0.6) is 11.5 Å². The fourth-order valence-corrected chi connectivity index (χ4v) is 2.09. The minimum atomic E-state index is 0.360. The quantitative estimate of drug-likeness (QED) is 0.772. The van der Waals surface area contributed by atoms with Gasteiger partial charge in [-0.15, -0.1) is 0 Å². The summed E-state index contributed by atoms with van der Waals surface area (Å²) in [6.45, 7) is 8.46. The summed E-state index contributed by atoms with van der Waals surface area (Å²) < 4.78 is 6.12. The van der Waals surface area contributed by atoms with Gasteiger partial charge in [-0.25, -0.2) is 0 Å². The SMILES string of the molecule is CC(C)Nc1ccccc1Oc1ccccc1NC(C)C. The van der Waals surface area contributed by atoms with Gasteiger partial charge in [0.2, 0.25) is 0 Å². The van der Waals surface area contributed by atoms with Gasteiger partial charge in [-0.2, -0.15) is 0 Å². The third-order valence-electron chi connectivity index (χ3n) is 2.88. The number of ether oxygens (including phenoxy) is 1. The molecule has 2 aromatic rings. The number of rotatable bonds is 6. The minimum Gasteiger partial charge on any atom is -0.453 e. The molecule has 0 unspecified atom stereocenters. The largest absolute Gasteiger partial charge is 0.453 e. The van der Waals surface area contributed by atoms with Crippen LogP contribution in [0, 0.1) is 0 Å². The molecule has 0 fully saturated rings. The van der Waals surface area contributed by atoms with Crippen molar-refractivity contribution in [2.75, 3.05) is 10.6 Å². The van der Waals surface area contributed by atoms with E-state index in [0.29, 0.717) is 12.1 Å². The van der Waals surface area contributed by atoms with Gasteiger partial charge in [0.05, 0.1) is 11.4 Å². The molecule has 0 spiro atoms. The predicted octanol–water partition coefficient (Wildman–Crippen LogP) is 5.12. The Kier molecular flexibility index (Phi) is 5.09. The first-order chi connectivity index (χ1) is 10.1. The van der Waals surface area contributed by atoms with Gasteiger partial charge in [0.1, 0.15) is 0 Å². The Bertz CT molecular complexity index is 527. The summed E-state index contributed by atoms with van der Waals surface area (Å²) in [5.74, 6) is 1.67. The Morgan fingerprint density at radius 2 is 1.05 bits per heavy atom. The van der Waals surface area contributed by atoms with E-state index in [0.717, 1.165) is 22.9 Å². The number of nitrogens with one attached hydrogen (secondary N) is 2. The lowest BCUT2D eigenvalue weighted by atomic mass is 10.2. The highest BCUT2D eigenvalue weighted by Crippen LogP contribution is 2.34. The fraction of sp³-hybridized carbons (Fsp3) is 0.333. The van der Waals surface area contributed by atoms with Crippen molar-refractivity contribution in [1.29, 1.82) is 0 Å². The molecule has 3 nitrogen and oxygen atoms in total. The molecule has 0 heterocycles. The van der Waals surface area contributed by atoms with E-state index in [-0.39, 0.29) is 0 Å². The molecule has 0 bridgehead atoms. The van der Waals surface area contributed by atoms with E-state index < -0.39 is 0 Å². The van der Waals surface area contributed by atoms with Crippen LogP contribution < -0.4 is 15.4 Å². The Hall–Kier alpha value is -2.16. The molecular formula is C18H24N2O. The lowest BCUT2D eigenvalue weighted by molar-refractivity contribution is 0.485. The summed E-state index contributed by atoms with van der Waals surface area (Å²) in [5, 5.41) is 6.82. The summed E-state index contributed by atoms with van der Waals surface area (Å²) in [6.07, 6.45) is 0. The lowest BCUT2D eigenvalue weighted by Crippen LogP contribution is -2.11. The average molecular weight is 284 g/mol. The predicted molar refractivity (Wildman–Crippen MR) is 90.5 cm³/mol. The summed E-state index contributed by atoms with van der Waals surface area (Å²) in [4.78, 5) is 0. The van der Waals surface area contributed by atoms with E-state index in [9.17, 15) is 0 Å². The van der Waals surface area contributed by atoms with Crippen LogP contribution in [0.15, 0.2) is 48.5 Å². The molecule has 0 atom stereocenters. The number of benzene rings is 2. The van der Waals surface area contributed by atoms with Crippen LogP contribution in [0.4, 0.5) is 11.4 Å². The molecule has 21 heavy (non-hydrogen) atoms. The van der Waals surface area contributed by atoms with Crippen LogP contribution in [-0.4, -0.2) is 12.1 Å². The lowest BCUT2D eigenvalue weighted by Gasteiger charge is -2.18. The molecule has 0 aliphatic carbocycles. The Morgan fingerprint density at radius 1 is 0.667 bits per heavy atom. The Morgan fingerprint density at radius 3 is 1.43 bits per heavy atom. The number of para-hydroxylation sites is 4. The first kappa shape index (κ1) is 15.2. The number of anilines is 2. The van der Waals surface area contributed by atoms with Gasteiger partial charge in [0.15, 0.2) is 11.5 Å². The van der Waals surface area contributed by atoms with Gasteiger partial charge in [0, 0.05) is 12.1 Å². The Balaban J connectivity index is 2.26. The fourth-order valence-electron chi connectivity index (χ4n) is 2.09. The second kappa shape index (κ2) is 7.02. The zero-order chi connectivity index (χ0) is 15.2. The number of hydrogen-bond donors (Lipinski definition) is 2. The highest BCUT2D eigenvalue weighted by molar-refractivity contribution is 5.62. The maximum Gasteiger partial charge on any atom is 0.150 e. The summed E-state index contributed by atoms with van der Waals surface area (Å²) in [7, 11) is 0. The van der Waals surface area contributed by atoms with Crippen molar-refractivity contribution in [3.63, 3.8) is 0 Å². The van der Waals surface area contributed by atoms with Gasteiger partial charge in [-0.1, -0.05) is 24.3 Å². The molecule has 2 aromatic carbocycles. The van der Waals surface area contributed by atoms with E-state index in [1.165, 1.54) is 0 Å². The maximum atomic E-state index is 6.12. The van der Waals surface area contributed by atoms with Crippen molar-refractivity contribution in [2.45, 2.75) is 39.8 Å². The molecular weight excluding hydrogens is 260 g/mol. The van der Waals surface area contributed by atoms with Crippen LogP contribution in [0.3, 0.4) is 0 Å². The summed E-state index contributed by atoms with van der Waals surface area (Å²) >= 11 is 0. The molecule has 0 amide bonds. The standard InChI is InChI=1S/C18H24N2O/c1-13(2)19-15-9-5-7-11-17(15)21-18-12-8-6-10-16(18)20-14(3)4/h5-14,19-20H,1-4H3. The third-order valence-corrected chi connectivity index (χ3v) is 2.88. The van der Waals surface area contributed by atoms with Crippen LogP contribution in [0.25, 0.3) is 0 Å². The molecule has 3 heteroatoms. The molecule has 0 aliphatic heterocycles. The first-order valence-electron chi connectivity index (χ1n) is 7.45. The monoisotopic (exact) mass is 284 g/mol. The van der Waals surface area contributed by atoms with Crippen molar-refractivity contribution >= 4 is 11.4 Å². The second-order valence-corrected chi connectivity index (χ2v) is 5.69. The van der Waals surface area contributed by atoms with E-state index in [4.69, 9.17) is 4.74 Å². The topological polar surface area (TPSA) is 33.3 Å². The van der Waals surface area contributed by atoms with Crippen molar-refractivity contribution in [3.8, 4) is 11.5 Å². The molecule has 0 radical (unpaired) electrons. The first-order valence-corrected chi connectivity index (χ1v) is 7.45. The summed E-state index contributed by atoms with van der Waals surface area (Å²) in [6, 6.07) is 16.7. The van der Waals surface area contributed by atoms with Crippen LogP contribution in [0.2, 0.25) is 0 Å². The van der Waals surface area contributed by atoms with Crippen molar-refractivity contribution in [2.24, 2.45) is 0 Å². The van der Waals surface area contributed by atoms with Crippen LogP contribution >= 0.6 is 0 Å². The third kappa shape index (κ3) is 4.42. The van der Waals surface area contributed by atoms with Gasteiger partial charge in [-0.3, -0.25) is 0 Å². The van der Waals surface area contributed by atoms with Gasteiger partial charge >= 0.3 is 0 Å². The van der Waals surface area contributed by atoms with Gasteiger partial charge in [0.25, 0.3) is 0 Å². The van der Waals surface area contributed by atoms with Crippen LogP contribution in [0.1, 0.15) is 27.7 Å². The minimum absolute atomic E-state index is 0.360. The highest BCUT2D eigenvalue weighted by Gasteiger charge is 2.09. The van der Waals surface area contributed by atoms with Crippen molar-refractivity contribution in [3.05, 3.63) is 48.5 Å². The zero-order valence-corrected chi connectivity index (χ0v) is 13.2. The molecule has 112 valence electrons. The van der Waals surface area contributed by atoms with Crippen molar-refractivity contribution in [1.82, 2.24) is 0 Å². The molecule has 0 saturated heterocycles. The van der Waals surface area contributed by atoms with E-state index in [2.05, 4.69) is 38.3 Å². The maximum absolute atomic E-state index is 6.12. The molecule has 0 aromatic heterocycles. The number of hydrogen-bond acceptors (Lipinski definition) is 3. The van der Waals surface area contributed by atoms with Gasteiger partial charge in [-0.05, 0) is 52.0 Å². The summed E-state index contributed by atoms with van der Waals surface area (Å²) in [5.41, 5.74) is 2.01. The van der Waals surface area contributed by atoms with Gasteiger partial charge < -0.3 is 15.4 Å². The molecule has 0 saturated carbocycles. The average Bonchev–Trinajstić information content (AvgIpc) is 2.42. The van der Waals surface area contributed by atoms with E-state index in [1.54, 1.807) is 0 Å². The van der Waals surface area contributed by atoms with E-state index >= 15 is 0 Å². The normalized spacial score (nSPS) is 10.8. The van der Waals surface area contributed by atoms with Crippen LogP contribution in [-0.2, 0) is 0 Å². The smallest absolute Gasteiger partial charge is 0.150 e. The highest BCUT2D eigenvalue weighted by atomic mass is 16.5. The molecule has 2 rings (SSSR count). The molecule has 0 aliphatic rings. The van der Waals surface area contributed by atoms with E-state index in [1.807, 2.05) is 48.5 Å². The zero-order valence-electron chi connectivity index (χ0n) is 13.2. The second-order valence-electron chi connectivity index (χ2n) is 5.69.